The van der Waals surface area contributed by atoms with Gasteiger partial charge < -0.3 is 19.8 Å². The van der Waals surface area contributed by atoms with E-state index in [9.17, 15) is 14.0 Å². The normalized spacial score (nSPS) is 12.1. The molecule has 9 nitrogen and oxygen atoms in total. The number of methoxy groups -OCH3 is 2. The second-order valence-electron chi connectivity index (χ2n) is 6.62. The van der Waals surface area contributed by atoms with Crippen molar-refractivity contribution in [2.24, 2.45) is 0 Å². The zero-order chi connectivity index (χ0) is 21.4. The molecule has 1 atom stereocenters. The number of aromatic amines is 1. The molecule has 2 N–H and O–H groups in total. The molecule has 2 aromatic carbocycles. The van der Waals surface area contributed by atoms with Gasteiger partial charge in [0.1, 0.15) is 5.82 Å². The summed E-state index contributed by atoms with van der Waals surface area (Å²) >= 11 is 0. The van der Waals surface area contributed by atoms with Crippen molar-refractivity contribution in [2.75, 3.05) is 14.2 Å². The first-order valence-corrected chi connectivity index (χ1v) is 9.02. The number of nitrogens with zero attached hydrogens (tertiary/aromatic N) is 3. The van der Waals surface area contributed by atoms with Crippen molar-refractivity contribution < 1.29 is 18.7 Å². The van der Waals surface area contributed by atoms with Crippen LogP contribution in [-0.4, -0.2) is 39.9 Å². The summed E-state index contributed by atoms with van der Waals surface area (Å²) in [6.45, 7) is 1.78. The van der Waals surface area contributed by atoms with Crippen LogP contribution in [0.4, 0.5) is 4.39 Å². The summed E-state index contributed by atoms with van der Waals surface area (Å²) in [5.41, 5.74) is 0.698. The minimum absolute atomic E-state index is 0.0221. The number of ether oxygens (including phenoxy) is 2. The molecule has 4 aromatic rings. The molecule has 2 heterocycles. The third-order valence-corrected chi connectivity index (χ3v) is 4.79. The topological polar surface area (TPSA) is 111 Å². The number of hydrogen-bond acceptors (Lipinski definition) is 6. The molecular formula is C20H18FN5O4. The molecule has 0 saturated heterocycles. The molecule has 0 aliphatic heterocycles. The lowest BCUT2D eigenvalue weighted by Gasteiger charge is -2.16. The third-order valence-electron chi connectivity index (χ3n) is 4.79. The van der Waals surface area contributed by atoms with Crippen molar-refractivity contribution in [3.05, 3.63) is 63.8 Å². The molecule has 4 rings (SSSR count). The Hall–Kier alpha value is -3.95. The summed E-state index contributed by atoms with van der Waals surface area (Å²) in [4.78, 5) is 27.9. The monoisotopic (exact) mass is 411 g/mol. The summed E-state index contributed by atoms with van der Waals surface area (Å²) in [6, 6.07) is 8.74. The van der Waals surface area contributed by atoms with E-state index in [1.807, 2.05) is 0 Å². The van der Waals surface area contributed by atoms with E-state index in [4.69, 9.17) is 9.47 Å². The molecule has 154 valence electrons. The number of aromatic nitrogens is 4. The van der Waals surface area contributed by atoms with Crippen LogP contribution < -0.4 is 20.3 Å². The van der Waals surface area contributed by atoms with E-state index in [-0.39, 0.29) is 16.7 Å². The third kappa shape index (κ3) is 3.21. The van der Waals surface area contributed by atoms with Crippen molar-refractivity contribution >= 4 is 22.5 Å². The van der Waals surface area contributed by atoms with Gasteiger partial charge in [0.25, 0.3) is 11.5 Å². The molecule has 0 radical (unpaired) electrons. The van der Waals surface area contributed by atoms with Crippen LogP contribution in [0.15, 0.2) is 41.2 Å². The largest absolute Gasteiger partial charge is 0.493 e. The van der Waals surface area contributed by atoms with Gasteiger partial charge in [-0.05, 0) is 42.8 Å². The maximum absolute atomic E-state index is 13.5. The second-order valence-corrected chi connectivity index (χ2v) is 6.62. The molecule has 0 aliphatic carbocycles. The lowest BCUT2D eigenvalue weighted by Crippen LogP contribution is -2.28. The highest BCUT2D eigenvalue weighted by atomic mass is 19.1. The van der Waals surface area contributed by atoms with Gasteiger partial charge in [-0.25, -0.2) is 8.91 Å². The van der Waals surface area contributed by atoms with Gasteiger partial charge in [-0.1, -0.05) is 11.3 Å². The molecule has 0 unspecified atom stereocenters. The number of fused-ring (bicyclic) bond motifs is 3. The van der Waals surface area contributed by atoms with E-state index in [1.54, 1.807) is 25.1 Å². The maximum atomic E-state index is 13.5. The first kappa shape index (κ1) is 19.4. The van der Waals surface area contributed by atoms with Crippen molar-refractivity contribution in [2.45, 2.75) is 13.0 Å². The highest BCUT2D eigenvalue weighted by Gasteiger charge is 2.22. The molecule has 0 fully saturated rings. The summed E-state index contributed by atoms with van der Waals surface area (Å²) in [7, 11) is 3.06. The van der Waals surface area contributed by atoms with Crippen LogP contribution in [0.3, 0.4) is 0 Å². The Morgan fingerprint density at radius 1 is 1.17 bits per heavy atom. The average molecular weight is 411 g/mol. The Balaban J connectivity index is 1.68. The Bertz CT molecular complexity index is 1330. The Morgan fingerprint density at radius 2 is 1.93 bits per heavy atom. The number of amides is 1. The average Bonchev–Trinajstić information content (AvgIpc) is 3.19. The SMILES string of the molecule is COc1ccc([C@H](C)NC(=O)c2nnn3c2c(=O)[nH]c2cc(F)ccc23)cc1OC. The van der Waals surface area contributed by atoms with E-state index in [1.165, 1.54) is 36.9 Å². The van der Waals surface area contributed by atoms with E-state index >= 15 is 0 Å². The Labute approximate surface area is 169 Å². The van der Waals surface area contributed by atoms with Gasteiger partial charge in [0.05, 0.1) is 31.3 Å². The van der Waals surface area contributed by atoms with Crippen LogP contribution in [0.2, 0.25) is 0 Å². The first-order valence-electron chi connectivity index (χ1n) is 9.02. The second kappa shape index (κ2) is 7.47. The molecule has 1 amide bonds. The standard InChI is InChI=1S/C20H18FN5O4/c1-10(11-4-7-15(29-2)16(8-11)30-3)22-19(27)17-18-20(28)23-13-9-12(21)5-6-14(13)26(18)25-24-17/h4-10H,1-3H3,(H,22,27)(H,23,28)/t10-/m0/s1. The number of rotatable bonds is 5. The van der Waals surface area contributed by atoms with Gasteiger partial charge in [0, 0.05) is 0 Å². The molecular weight excluding hydrogens is 393 g/mol. The van der Waals surface area contributed by atoms with Crippen LogP contribution in [0.1, 0.15) is 29.0 Å². The maximum Gasteiger partial charge on any atom is 0.277 e. The van der Waals surface area contributed by atoms with E-state index in [2.05, 4.69) is 20.6 Å². The number of benzene rings is 2. The summed E-state index contributed by atoms with van der Waals surface area (Å²) < 4.78 is 25.2. The molecule has 2 aromatic heterocycles. The molecule has 0 bridgehead atoms. The van der Waals surface area contributed by atoms with Crippen LogP contribution in [-0.2, 0) is 0 Å². The highest BCUT2D eigenvalue weighted by Crippen LogP contribution is 2.30. The van der Waals surface area contributed by atoms with Gasteiger partial charge in [-0.2, -0.15) is 0 Å². The number of halogens is 1. The molecule has 0 saturated carbocycles. The van der Waals surface area contributed by atoms with Gasteiger partial charge in [-0.15, -0.1) is 5.10 Å². The molecule has 10 heteroatoms. The van der Waals surface area contributed by atoms with Crippen LogP contribution >= 0.6 is 0 Å². The predicted octanol–water partition coefficient (Wildman–Crippen LogP) is 2.22. The Kier molecular flexibility index (Phi) is 4.82. The summed E-state index contributed by atoms with van der Waals surface area (Å²) in [6.07, 6.45) is 0. The van der Waals surface area contributed by atoms with Crippen LogP contribution in [0, 0.1) is 5.82 Å². The highest BCUT2D eigenvalue weighted by molar-refractivity contribution is 5.99. The molecule has 30 heavy (non-hydrogen) atoms. The Morgan fingerprint density at radius 3 is 2.67 bits per heavy atom. The first-order chi connectivity index (χ1) is 14.4. The zero-order valence-electron chi connectivity index (χ0n) is 16.4. The van der Waals surface area contributed by atoms with E-state index in [0.29, 0.717) is 17.0 Å². The smallest absolute Gasteiger partial charge is 0.277 e. The lowest BCUT2D eigenvalue weighted by atomic mass is 10.1. The number of nitrogens with one attached hydrogen (secondary N) is 2. The summed E-state index contributed by atoms with van der Waals surface area (Å²) in [5.74, 6) is 0.0258. The number of hydrogen-bond donors (Lipinski definition) is 2. The number of carbonyl (C=O) groups is 1. The number of carbonyl (C=O) groups excluding carboxylic acids is 1. The zero-order valence-corrected chi connectivity index (χ0v) is 16.4. The predicted molar refractivity (Wildman–Crippen MR) is 106 cm³/mol. The fourth-order valence-electron chi connectivity index (χ4n) is 3.25. The van der Waals surface area contributed by atoms with Crippen molar-refractivity contribution in [1.82, 2.24) is 25.1 Å². The van der Waals surface area contributed by atoms with Crippen LogP contribution in [0.25, 0.3) is 16.6 Å². The summed E-state index contributed by atoms with van der Waals surface area (Å²) in [5, 5.41) is 10.6. The van der Waals surface area contributed by atoms with Gasteiger partial charge in [0.15, 0.2) is 22.7 Å². The van der Waals surface area contributed by atoms with E-state index in [0.717, 1.165) is 5.56 Å². The van der Waals surface area contributed by atoms with Crippen molar-refractivity contribution in [1.29, 1.82) is 0 Å². The minimum atomic E-state index is -0.595. The molecule has 0 spiro atoms. The fourth-order valence-corrected chi connectivity index (χ4v) is 3.25. The van der Waals surface area contributed by atoms with Crippen LogP contribution in [0.5, 0.6) is 11.5 Å². The number of H-pyrrole nitrogens is 1. The van der Waals surface area contributed by atoms with Gasteiger partial charge in [-0.3, -0.25) is 9.59 Å². The van der Waals surface area contributed by atoms with Gasteiger partial charge >= 0.3 is 0 Å². The van der Waals surface area contributed by atoms with Crippen molar-refractivity contribution in [3.63, 3.8) is 0 Å². The minimum Gasteiger partial charge on any atom is -0.493 e. The fraction of sp³-hybridized carbons (Fsp3) is 0.200. The van der Waals surface area contributed by atoms with Crippen molar-refractivity contribution in [3.8, 4) is 11.5 Å². The molecule has 0 aliphatic rings. The quantitative estimate of drug-likeness (QED) is 0.521. The van der Waals surface area contributed by atoms with Gasteiger partial charge in [0.2, 0.25) is 0 Å². The lowest BCUT2D eigenvalue weighted by molar-refractivity contribution is 0.0936. The van der Waals surface area contributed by atoms with E-state index < -0.39 is 23.3 Å².